The molecule has 0 aliphatic carbocycles. The average Bonchev–Trinajstić information content (AvgIpc) is 2.93. The van der Waals surface area contributed by atoms with E-state index >= 15 is 0 Å². The van der Waals surface area contributed by atoms with Gasteiger partial charge in [-0.2, -0.15) is 0 Å². The lowest BCUT2D eigenvalue weighted by Gasteiger charge is -2.06. The zero-order valence-corrected chi connectivity index (χ0v) is 12.0. The Morgan fingerprint density at radius 2 is 2.05 bits per heavy atom. The van der Waals surface area contributed by atoms with Crippen LogP contribution < -0.4 is 11.1 Å². The fourth-order valence-corrected chi connectivity index (χ4v) is 3.93. The lowest BCUT2D eigenvalue weighted by molar-refractivity contribution is 0.103. The highest BCUT2D eigenvalue weighted by molar-refractivity contribution is 7.27. The molecule has 0 fully saturated rings. The molecule has 3 rings (SSSR count). The monoisotopic (exact) mass is 308 g/mol. The van der Waals surface area contributed by atoms with Crippen molar-refractivity contribution in [1.29, 1.82) is 0 Å². The largest absolute Gasteiger partial charge is 0.399 e. The molecule has 1 amide bonds. The number of carbonyl (C=O) groups is 1. The van der Waals surface area contributed by atoms with Gasteiger partial charge >= 0.3 is 0 Å². The van der Waals surface area contributed by atoms with Crippen molar-refractivity contribution in [2.24, 2.45) is 0 Å². The molecular formula is C13H9ClN2OS2. The predicted octanol–water partition coefficient (Wildman–Crippen LogP) is 4.45. The van der Waals surface area contributed by atoms with Crippen molar-refractivity contribution in [2.45, 2.75) is 0 Å². The van der Waals surface area contributed by atoms with E-state index in [1.807, 2.05) is 17.5 Å². The number of nitrogens with two attached hydrogens (primary N) is 1. The van der Waals surface area contributed by atoms with Gasteiger partial charge in [0.15, 0.2) is 0 Å². The van der Waals surface area contributed by atoms with Crippen molar-refractivity contribution in [3.8, 4) is 0 Å². The standard InChI is InChI=1S/C13H9ClN2OS2/c14-8-5-7(15)1-2-9(8)16-13(17)12-6-11-10(19-12)3-4-18-11/h1-6H,15H2,(H,16,17). The summed E-state index contributed by atoms with van der Waals surface area (Å²) in [4.78, 5) is 12.8. The van der Waals surface area contributed by atoms with Crippen LogP contribution in [0.5, 0.6) is 0 Å². The molecule has 3 aromatic rings. The second kappa shape index (κ2) is 4.85. The number of benzene rings is 1. The van der Waals surface area contributed by atoms with Crippen molar-refractivity contribution < 1.29 is 4.79 Å². The van der Waals surface area contributed by atoms with Crippen LogP contribution in [0.4, 0.5) is 11.4 Å². The van der Waals surface area contributed by atoms with Crippen molar-refractivity contribution in [1.82, 2.24) is 0 Å². The van der Waals surface area contributed by atoms with Crippen LogP contribution in [0.3, 0.4) is 0 Å². The molecule has 2 heterocycles. The van der Waals surface area contributed by atoms with Crippen LogP contribution >= 0.6 is 34.3 Å². The summed E-state index contributed by atoms with van der Waals surface area (Å²) in [7, 11) is 0. The van der Waals surface area contributed by atoms with E-state index in [0.29, 0.717) is 21.3 Å². The van der Waals surface area contributed by atoms with Crippen molar-refractivity contribution >= 4 is 61.0 Å². The highest BCUT2D eigenvalue weighted by Gasteiger charge is 2.12. The number of carbonyl (C=O) groups excluding carboxylic acids is 1. The van der Waals surface area contributed by atoms with Crippen LogP contribution in [-0.4, -0.2) is 5.91 Å². The van der Waals surface area contributed by atoms with Gasteiger partial charge in [-0.25, -0.2) is 0 Å². The van der Waals surface area contributed by atoms with Crippen LogP contribution in [0, 0.1) is 0 Å². The van der Waals surface area contributed by atoms with Crippen LogP contribution in [0.2, 0.25) is 5.02 Å². The molecule has 1 aromatic carbocycles. The van der Waals surface area contributed by atoms with Gasteiger partial charge in [-0.05, 0) is 35.7 Å². The second-order valence-corrected chi connectivity index (χ2v) is 6.39. The number of anilines is 2. The molecule has 96 valence electrons. The number of fused-ring (bicyclic) bond motifs is 1. The van der Waals surface area contributed by atoms with Crippen LogP contribution in [-0.2, 0) is 0 Å². The summed E-state index contributed by atoms with van der Waals surface area (Å²) >= 11 is 9.13. The minimum atomic E-state index is -0.153. The van der Waals surface area contributed by atoms with Gasteiger partial charge in [0.05, 0.1) is 15.6 Å². The molecule has 2 aromatic heterocycles. The molecule has 6 heteroatoms. The number of rotatable bonds is 2. The second-order valence-electron chi connectivity index (χ2n) is 3.95. The minimum Gasteiger partial charge on any atom is -0.399 e. The number of halogens is 1. The minimum absolute atomic E-state index is 0.153. The first kappa shape index (κ1) is 12.5. The van der Waals surface area contributed by atoms with Crippen LogP contribution in [0.15, 0.2) is 35.7 Å². The lowest BCUT2D eigenvalue weighted by atomic mass is 10.3. The maximum absolute atomic E-state index is 12.1. The van der Waals surface area contributed by atoms with Gasteiger partial charge < -0.3 is 11.1 Å². The Morgan fingerprint density at radius 1 is 1.21 bits per heavy atom. The van der Waals surface area contributed by atoms with Crippen molar-refractivity contribution in [3.05, 3.63) is 45.6 Å². The fourth-order valence-electron chi connectivity index (χ4n) is 1.69. The predicted molar refractivity (Wildman–Crippen MR) is 83.5 cm³/mol. The molecule has 0 radical (unpaired) electrons. The quantitative estimate of drug-likeness (QED) is 0.687. The lowest BCUT2D eigenvalue weighted by Crippen LogP contribution is -2.10. The molecule has 0 saturated heterocycles. The van der Waals surface area contributed by atoms with Gasteiger partial charge in [-0.1, -0.05) is 11.6 Å². The summed E-state index contributed by atoms with van der Waals surface area (Å²) in [5.41, 5.74) is 6.75. The third-order valence-corrected chi connectivity index (χ3v) is 5.01. The molecule has 0 saturated carbocycles. The Hall–Kier alpha value is -1.56. The van der Waals surface area contributed by atoms with Crippen molar-refractivity contribution in [3.63, 3.8) is 0 Å². The molecule has 0 aliphatic heterocycles. The van der Waals surface area contributed by atoms with E-state index < -0.39 is 0 Å². The van der Waals surface area contributed by atoms with E-state index in [2.05, 4.69) is 5.32 Å². The first-order valence-electron chi connectivity index (χ1n) is 5.47. The topological polar surface area (TPSA) is 55.1 Å². The first-order chi connectivity index (χ1) is 9.13. The molecule has 0 bridgehead atoms. The maximum Gasteiger partial charge on any atom is 0.265 e. The molecule has 0 unspecified atom stereocenters. The summed E-state index contributed by atoms with van der Waals surface area (Å²) in [6, 6.07) is 8.92. The number of hydrogen-bond acceptors (Lipinski definition) is 4. The molecule has 0 atom stereocenters. The van der Waals surface area contributed by atoms with Gasteiger partial charge in [0.25, 0.3) is 5.91 Å². The summed E-state index contributed by atoms with van der Waals surface area (Å²) in [5, 5.41) is 5.24. The summed E-state index contributed by atoms with van der Waals surface area (Å²) < 4.78 is 2.25. The smallest absolute Gasteiger partial charge is 0.265 e. The van der Waals surface area contributed by atoms with E-state index in [-0.39, 0.29) is 5.91 Å². The molecule has 3 N–H and O–H groups in total. The summed E-state index contributed by atoms with van der Waals surface area (Å²) in [6.07, 6.45) is 0. The summed E-state index contributed by atoms with van der Waals surface area (Å²) in [6.45, 7) is 0. The normalized spacial score (nSPS) is 10.8. The first-order valence-corrected chi connectivity index (χ1v) is 7.54. The molecule has 0 aliphatic rings. The maximum atomic E-state index is 12.1. The van der Waals surface area contributed by atoms with E-state index in [9.17, 15) is 4.79 Å². The highest BCUT2D eigenvalue weighted by atomic mass is 35.5. The molecular weight excluding hydrogens is 300 g/mol. The number of amides is 1. The van der Waals surface area contributed by atoms with E-state index in [4.69, 9.17) is 17.3 Å². The van der Waals surface area contributed by atoms with Gasteiger partial charge in [-0.15, -0.1) is 22.7 Å². The fraction of sp³-hybridized carbons (Fsp3) is 0. The average molecular weight is 309 g/mol. The molecule has 0 spiro atoms. The Kier molecular flexibility index (Phi) is 3.18. The summed E-state index contributed by atoms with van der Waals surface area (Å²) in [5.74, 6) is -0.153. The highest BCUT2D eigenvalue weighted by Crippen LogP contribution is 2.31. The van der Waals surface area contributed by atoms with E-state index in [1.165, 1.54) is 11.3 Å². The Bertz CT molecular complexity index is 734. The Morgan fingerprint density at radius 3 is 2.79 bits per heavy atom. The third kappa shape index (κ3) is 2.45. The van der Waals surface area contributed by atoms with E-state index in [0.717, 1.165) is 9.40 Å². The molecule has 19 heavy (non-hydrogen) atoms. The number of hydrogen-bond donors (Lipinski definition) is 2. The van der Waals surface area contributed by atoms with Crippen LogP contribution in [0.1, 0.15) is 9.67 Å². The number of nitrogen functional groups attached to an aromatic ring is 1. The van der Waals surface area contributed by atoms with Crippen molar-refractivity contribution in [2.75, 3.05) is 11.1 Å². The Labute approximate surface area is 122 Å². The zero-order valence-electron chi connectivity index (χ0n) is 9.64. The van der Waals surface area contributed by atoms with Gasteiger partial charge in [0.2, 0.25) is 0 Å². The van der Waals surface area contributed by atoms with Crippen LogP contribution in [0.25, 0.3) is 9.40 Å². The number of thiophene rings is 2. The van der Waals surface area contributed by atoms with Gasteiger partial charge in [-0.3, -0.25) is 4.79 Å². The van der Waals surface area contributed by atoms with Gasteiger partial charge in [0.1, 0.15) is 0 Å². The zero-order chi connectivity index (χ0) is 13.4. The third-order valence-electron chi connectivity index (χ3n) is 2.60. The molecule has 3 nitrogen and oxygen atoms in total. The van der Waals surface area contributed by atoms with E-state index in [1.54, 1.807) is 29.5 Å². The Balaban J connectivity index is 1.86. The number of nitrogens with one attached hydrogen (secondary N) is 1. The van der Waals surface area contributed by atoms with Gasteiger partial charge in [0, 0.05) is 15.1 Å². The SMILES string of the molecule is Nc1ccc(NC(=O)c2cc3sccc3s2)c(Cl)c1.